The molecule has 3 N–H and O–H groups in total. The van der Waals surface area contributed by atoms with E-state index < -0.39 is 24.5 Å². The minimum Gasteiger partial charge on any atom is -0.480 e. The van der Waals surface area contributed by atoms with E-state index in [-0.39, 0.29) is 0 Å². The number of carbonyl (C=O) groups excluding carboxylic acids is 1. The molecule has 1 aromatic carbocycles. The zero-order valence-corrected chi connectivity index (χ0v) is 9.92. The number of rotatable bonds is 6. The summed E-state index contributed by atoms with van der Waals surface area (Å²) < 4.78 is 4.94. The van der Waals surface area contributed by atoms with Gasteiger partial charge in [-0.3, -0.25) is 4.79 Å². The van der Waals surface area contributed by atoms with Gasteiger partial charge in [0.25, 0.3) is 5.91 Å². The fraction of sp³-hybridized carbons (Fsp3) is 0.333. The summed E-state index contributed by atoms with van der Waals surface area (Å²) in [5.41, 5.74) is 1.13. The number of amides is 1. The van der Waals surface area contributed by atoms with Crippen LogP contribution in [0.5, 0.6) is 0 Å². The van der Waals surface area contributed by atoms with E-state index in [1.54, 1.807) is 31.4 Å². The monoisotopic (exact) mass is 253 g/mol. The number of methoxy groups -OCH3 is 1. The van der Waals surface area contributed by atoms with Crippen LogP contribution in [0.15, 0.2) is 24.3 Å². The highest BCUT2D eigenvalue weighted by molar-refractivity contribution is 5.96. The first kappa shape index (κ1) is 14.1. The number of ether oxygens (including phenoxy) is 1. The Morgan fingerprint density at radius 3 is 2.72 bits per heavy atom. The standard InChI is InChI=1S/C12H15NO5/c1-18-7-8-3-2-4-9(5-8)11(15)13-10(6-14)12(16)17/h2-5,10,14H,6-7H2,1H3,(H,13,15)(H,16,17)/t10-/m1/s1. The second-order valence-corrected chi connectivity index (χ2v) is 3.68. The molecule has 0 aromatic heterocycles. The first-order chi connectivity index (χ1) is 8.58. The van der Waals surface area contributed by atoms with Crippen molar-refractivity contribution in [3.05, 3.63) is 35.4 Å². The van der Waals surface area contributed by atoms with Crippen molar-refractivity contribution in [1.29, 1.82) is 0 Å². The van der Waals surface area contributed by atoms with Gasteiger partial charge in [0.15, 0.2) is 6.04 Å². The number of benzene rings is 1. The van der Waals surface area contributed by atoms with Crippen molar-refractivity contribution in [3.63, 3.8) is 0 Å². The van der Waals surface area contributed by atoms with E-state index in [4.69, 9.17) is 14.9 Å². The largest absolute Gasteiger partial charge is 0.480 e. The van der Waals surface area contributed by atoms with E-state index in [0.29, 0.717) is 12.2 Å². The quantitative estimate of drug-likeness (QED) is 0.663. The number of hydrogen-bond donors (Lipinski definition) is 3. The first-order valence-electron chi connectivity index (χ1n) is 5.31. The van der Waals surface area contributed by atoms with Crippen molar-refractivity contribution < 1.29 is 24.5 Å². The van der Waals surface area contributed by atoms with Gasteiger partial charge in [-0.1, -0.05) is 12.1 Å². The lowest BCUT2D eigenvalue weighted by Gasteiger charge is -2.12. The number of aliphatic carboxylic acids is 1. The molecule has 0 unspecified atom stereocenters. The summed E-state index contributed by atoms with van der Waals surface area (Å²) in [6.45, 7) is -0.289. The second kappa shape index (κ2) is 6.73. The molecule has 0 aliphatic heterocycles. The highest BCUT2D eigenvalue weighted by Crippen LogP contribution is 2.06. The summed E-state index contributed by atoms with van der Waals surface area (Å²) in [5, 5.41) is 19.8. The second-order valence-electron chi connectivity index (χ2n) is 3.68. The maximum Gasteiger partial charge on any atom is 0.328 e. The Morgan fingerprint density at radius 2 is 2.17 bits per heavy atom. The minimum absolute atomic E-state index is 0.323. The van der Waals surface area contributed by atoms with E-state index in [0.717, 1.165) is 5.56 Å². The molecule has 6 heteroatoms. The minimum atomic E-state index is -1.30. The SMILES string of the molecule is COCc1cccc(C(=O)N[C@H](CO)C(=O)O)c1. The molecule has 0 fully saturated rings. The van der Waals surface area contributed by atoms with Gasteiger partial charge in [0.05, 0.1) is 13.2 Å². The molecular formula is C12H15NO5. The molecule has 0 radical (unpaired) electrons. The molecule has 0 saturated carbocycles. The van der Waals surface area contributed by atoms with Crippen molar-refractivity contribution in [2.75, 3.05) is 13.7 Å². The maximum absolute atomic E-state index is 11.7. The molecule has 0 bridgehead atoms. The van der Waals surface area contributed by atoms with Gasteiger partial charge in [0, 0.05) is 12.7 Å². The number of aliphatic hydroxyl groups excluding tert-OH is 1. The Bertz CT molecular complexity index is 432. The lowest BCUT2D eigenvalue weighted by molar-refractivity contribution is -0.140. The van der Waals surface area contributed by atoms with Gasteiger partial charge in [-0.05, 0) is 17.7 Å². The maximum atomic E-state index is 11.7. The van der Waals surface area contributed by atoms with E-state index in [1.807, 2.05) is 0 Å². The van der Waals surface area contributed by atoms with Crippen LogP contribution in [-0.4, -0.2) is 41.8 Å². The molecule has 0 aliphatic carbocycles. The average Bonchev–Trinajstić information content (AvgIpc) is 2.36. The van der Waals surface area contributed by atoms with Gasteiger partial charge in [0.2, 0.25) is 0 Å². The molecule has 1 amide bonds. The molecule has 1 atom stereocenters. The van der Waals surface area contributed by atoms with Gasteiger partial charge < -0.3 is 20.3 Å². The third-order valence-corrected chi connectivity index (χ3v) is 2.29. The van der Waals surface area contributed by atoms with Crippen molar-refractivity contribution in [3.8, 4) is 0 Å². The van der Waals surface area contributed by atoms with E-state index in [2.05, 4.69) is 5.32 Å². The average molecular weight is 253 g/mol. The zero-order chi connectivity index (χ0) is 13.5. The topological polar surface area (TPSA) is 95.9 Å². The number of carbonyl (C=O) groups is 2. The van der Waals surface area contributed by atoms with Crippen LogP contribution in [0.3, 0.4) is 0 Å². The molecule has 1 rings (SSSR count). The Hall–Kier alpha value is -1.92. The van der Waals surface area contributed by atoms with Crippen molar-refractivity contribution in [2.45, 2.75) is 12.6 Å². The zero-order valence-electron chi connectivity index (χ0n) is 9.92. The molecule has 98 valence electrons. The van der Waals surface area contributed by atoms with Crippen LogP contribution in [0.4, 0.5) is 0 Å². The Morgan fingerprint density at radius 1 is 1.44 bits per heavy atom. The fourth-order valence-electron chi connectivity index (χ4n) is 1.40. The summed E-state index contributed by atoms with van der Waals surface area (Å²) in [5.74, 6) is -1.83. The van der Waals surface area contributed by atoms with Crippen molar-refractivity contribution in [1.82, 2.24) is 5.32 Å². The van der Waals surface area contributed by atoms with Crippen LogP contribution in [0, 0.1) is 0 Å². The van der Waals surface area contributed by atoms with Crippen LogP contribution in [-0.2, 0) is 16.1 Å². The number of aliphatic hydroxyl groups is 1. The van der Waals surface area contributed by atoms with E-state index in [9.17, 15) is 9.59 Å². The summed E-state index contributed by atoms with van der Waals surface area (Å²) in [7, 11) is 1.54. The molecule has 0 heterocycles. The van der Waals surface area contributed by atoms with Crippen LogP contribution in [0.1, 0.15) is 15.9 Å². The van der Waals surface area contributed by atoms with E-state index in [1.165, 1.54) is 0 Å². The lowest BCUT2D eigenvalue weighted by Crippen LogP contribution is -2.43. The predicted octanol–water partition coefficient (Wildman–Crippen LogP) is 0.00830. The smallest absolute Gasteiger partial charge is 0.328 e. The highest BCUT2D eigenvalue weighted by Gasteiger charge is 2.19. The number of nitrogens with one attached hydrogen (secondary N) is 1. The van der Waals surface area contributed by atoms with Crippen LogP contribution in [0.2, 0.25) is 0 Å². The van der Waals surface area contributed by atoms with E-state index >= 15 is 0 Å². The van der Waals surface area contributed by atoms with Gasteiger partial charge in [0.1, 0.15) is 0 Å². The molecule has 0 aliphatic rings. The number of hydrogen-bond acceptors (Lipinski definition) is 4. The molecule has 18 heavy (non-hydrogen) atoms. The van der Waals surface area contributed by atoms with Gasteiger partial charge in [-0.15, -0.1) is 0 Å². The van der Waals surface area contributed by atoms with Gasteiger partial charge >= 0.3 is 5.97 Å². The summed E-state index contributed by atoms with van der Waals surface area (Å²) in [6, 6.07) is 5.34. The molecular weight excluding hydrogens is 238 g/mol. The Balaban J connectivity index is 2.77. The normalized spacial score (nSPS) is 11.9. The Labute approximate surface area is 104 Å². The van der Waals surface area contributed by atoms with Crippen molar-refractivity contribution in [2.24, 2.45) is 0 Å². The van der Waals surface area contributed by atoms with Crippen molar-refractivity contribution >= 4 is 11.9 Å². The number of carboxylic acid groups (broad SMARTS) is 1. The summed E-state index contributed by atoms with van der Waals surface area (Å²) in [4.78, 5) is 22.4. The van der Waals surface area contributed by atoms with Crippen LogP contribution in [0.25, 0.3) is 0 Å². The highest BCUT2D eigenvalue weighted by atomic mass is 16.5. The van der Waals surface area contributed by atoms with Crippen LogP contribution < -0.4 is 5.32 Å². The van der Waals surface area contributed by atoms with Crippen LogP contribution >= 0.6 is 0 Å². The van der Waals surface area contributed by atoms with Gasteiger partial charge in [-0.25, -0.2) is 4.79 Å². The predicted molar refractivity (Wildman–Crippen MR) is 63.1 cm³/mol. The third kappa shape index (κ3) is 3.83. The van der Waals surface area contributed by atoms with Gasteiger partial charge in [-0.2, -0.15) is 0 Å². The molecule has 0 saturated heterocycles. The third-order valence-electron chi connectivity index (χ3n) is 2.29. The molecule has 0 spiro atoms. The summed E-state index contributed by atoms with van der Waals surface area (Å²) >= 11 is 0. The Kier molecular flexibility index (Phi) is 5.29. The summed E-state index contributed by atoms with van der Waals surface area (Å²) in [6.07, 6.45) is 0. The molecule has 6 nitrogen and oxygen atoms in total. The fourth-order valence-corrected chi connectivity index (χ4v) is 1.40. The number of carboxylic acids is 1. The lowest BCUT2D eigenvalue weighted by atomic mass is 10.1. The first-order valence-corrected chi connectivity index (χ1v) is 5.31. The molecule has 1 aromatic rings.